The van der Waals surface area contributed by atoms with Gasteiger partial charge in [0.15, 0.2) is 5.82 Å². The minimum absolute atomic E-state index is 0.296. The molecule has 7 nitrogen and oxygen atoms in total. The van der Waals surface area contributed by atoms with Gasteiger partial charge in [0.05, 0.1) is 13.7 Å². The third-order valence-electron chi connectivity index (χ3n) is 4.04. The maximum Gasteiger partial charge on any atom is 0.281 e. The van der Waals surface area contributed by atoms with Gasteiger partial charge in [-0.3, -0.25) is 9.78 Å². The van der Waals surface area contributed by atoms with Crippen LogP contribution in [0.5, 0.6) is 5.75 Å². The van der Waals surface area contributed by atoms with Gasteiger partial charge in [0.2, 0.25) is 5.95 Å². The zero-order valence-electron chi connectivity index (χ0n) is 15.1. The molecular formula is C20H17N5O2S. The maximum absolute atomic E-state index is 13.1. The molecule has 0 fully saturated rings. The lowest BCUT2D eigenvalue weighted by Crippen LogP contribution is -2.17. The minimum atomic E-state index is -0.296. The zero-order valence-corrected chi connectivity index (χ0v) is 15.9. The Morgan fingerprint density at radius 1 is 1.21 bits per heavy atom. The van der Waals surface area contributed by atoms with Crippen molar-refractivity contribution < 1.29 is 9.53 Å². The molecule has 140 valence electrons. The Labute approximate surface area is 165 Å². The van der Waals surface area contributed by atoms with Crippen molar-refractivity contribution in [2.45, 2.75) is 6.54 Å². The van der Waals surface area contributed by atoms with E-state index in [4.69, 9.17) is 4.74 Å². The smallest absolute Gasteiger partial charge is 0.281 e. The second-order valence-electron chi connectivity index (χ2n) is 5.88. The normalized spacial score (nSPS) is 10.6. The van der Waals surface area contributed by atoms with Gasteiger partial charge in [-0.05, 0) is 41.8 Å². The van der Waals surface area contributed by atoms with E-state index in [-0.39, 0.29) is 5.91 Å². The number of hydrogen-bond donors (Lipinski definition) is 1. The van der Waals surface area contributed by atoms with Gasteiger partial charge in [-0.2, -0.15) is 9.67 Å². The van der Waals surface area contributed by atoms with Gasteiger partial charge < -0.3 is 10.1 Å². The van der Waals surface area contributed by atoms with Crippen LogP contribution >= 0.6 is 11.3 Å². The SMILES string of the molecule is COc1cccc(C(=O)n2nc(-c3cccnc3)nc2NCc2cccs2)c1. The summed E-state index contributed by atoms with van der Waals surface area (Å²) in [5.74, 6) is 1.11. The Morgan fingerprint density at radius 2 is 2.14 bits per heavy atom. The van der Waals surface area contributed by atoms with Gasteiger partial charge in [0, 0.05) is 28.4 Å². The number of thiophene rings is 1. The van der Waals surface area contributed by atoms with Crippen LogP contribution in [0.4, 0.5) is 5.95 Å². The number of hydrogen-bond acceptors (Lipinski definition) is 7. The molecule has 0 saturated heterocycles. The van der Waals surface area contributed by atoms with Crippen molar-refractivity contribution in [3.8, 4) is 17.1 Å². The first-order valence-corrected chi connectivity index (χ1v) is 9.45. The summed E-state index contributed by atoms with van der Waals surface area (Å²) in [6, 6.07) is 14.6. The Kier molecular flexibility index (Phi) is 5.11. The van der Waals surface area contributed by atoms with Crippen molar-refractivity contribution >= 4 is 23.2 Å². The molecule has 0 aliphatic heterocycles. The van der Waals surface area contributed by atoms with E-state index in [0.717, 1.165) is 10.4 Å². The molecule has 0 unspecified atom stereocenters. The molecule has 0 aliphatic carbocycles. The fraction of sp³-hybridized carbons (Fsp3) is 0.100. The molecule has 4 aromatic rings. The van der Waals surface area contributed by atoms with Crippen LogP contribution in [0, 0.1) is 0 Å². The summed E-state index contributed by atoms with van der Waals surface area (Å²) in [7, 11) is 1.56. The molecule has 0 aliphatic rings. The first-order valence-electron chi connectivity index (χ1n) is 8.57. The Balaban J connectivity index is 1.70. The lowest BCUT2D eigenvalue weighted by atomic mass is 10.2. The van der Waals surface area contributed by atoms with Crippen molar-refractivity contribution in [3.05, 3.63) is 76.7 Å². The maximum atomic E-state index is 13.1. The van der Waals surface area contributed by atoms with Gasteiger partial charge in [-0.15, -0.1) is 16.4 Å². The van der Waals surface area contributed by atoms with Gasteiger partial charge in [-0.1, -0.05) is 12.1 Å². The van der Waals surface area contributed by atoms with Crippen molar-refractivity contribution in [2.75, 3.05) is 12.4 Å². The number of ether oxygens (including phenoxy) is 1. The fourth-order valence-electron chi connectivity index (χ4n) is 2.64. The van der Waals surface area contributed by atoms with Crippen LogP contribution in [0.25, 0.3) is 11.4 Å². The highest BCUT2D eigenvalue weighted by molar-refractivity contribution is 7.09. The van der Waals surface area contributed by atoms with Gasteiger partial charge in [0.25, 0.3) is 5.91 Å². The molecule has 0 saturated carbocycles. The molecular weight excluding hydrogens is 374 g/mol. The molecule has 3 heterocycles. The lowest BCUT2D eigenvalue weighted by molar-refractivity contribution is 0.0947. The third-order valence-corrected chi connectivity index (χ3v) is 4.91. The van der Waals surface area contributed by atoms with E-state index in [0.29, 0.717) is 29.6 Å². The zero-order chi connectivity index (χ0) is 19.3. The van der Waals surface area contributed by atoms with Crippen LogP contribution in [0.15, 0.2) is 66.3 Å². The highest BCUT2D eigenvalue weighted by Crippen LogP contribution is 2.20. The largest absolute Gasteiger partial charge is 0.497 e. The summed E-state index contributed by atoms with van der Waals surface area (Å²) >= 11 is 1.63. The average Bonchev–Trinajstić information content (AvgIpc) is 3.42. The highest BCUT2D eigenvalue weighted by Gasteiger charge is 2.19. The summed E-state index contributed by atoms with van der Waals surface area (Å²) in [5, 5.41) is 9.64. The number of carbonyl (C=O) groups is 1. The number of benzene rings is 1. The molecule has 0 bridgehead atoms. The number of anilines is 1. The summed E-state index contributed by atoms with van der Waals surface area (Å²) in [6.07, 6.45) is 3.34. The first kappa shape index (κ1) is 17.9. The topological polar surface area (TPSA) is 81.9 Å². The second kappa shape index (κ2) is 8.01. The molecule has 8 heteroatoms. The van der Waals surface area contributed by atoms with Crippen LogP contribution in [-0.4, -0.2) is 32.8 Å². The monoisotopic (exact) mass is 391 g/mol. The van der Waals surface area contributed by atoms with Crippen molar-refractivity contribution in [1.82, 2.24) is 19.7 Å². The van der Waals surface area contributed by atoms with E-state index in [1.165, 1.54) is 4.68 Å². The molecule has 4 rings (SSSR count). The highest BCUT2D eigenvalue weighted by atomic mass is 32.1. The van der Waals surface area contributed by atoms with Crippen LogP contribution in [0.3, 0.4) is 0 Å². The van der Waals surface area contributed by atoms with E-state index in [2.05, 4.69) is 20.4 Å². The molecule has 1 aromatic carbocycles. The number of pyridine rings is 1. The molecule has 0 radical (unpaired) electrons. The van der Waals surface area contributed by atoms with E-state index in [1.807, 2.05) is 23.6 Å². The Morgan fingerprint density at radius 3 is 2.89 bits per heavy atom. The van der Waals surface area contributed by atoms with Crippen LogP contribution in [0.2, 0.25) is 0 Å². The molecule has 0 atom stereocenters. The predicted molar refractivity (Wildman–Crippen MR) is 108 cm³/mol. The van der Waals surface area contributed by atoms with Crippen LogP contribution in [0.1, 0.15) is 15.2 Å². The third kappa shape index (κ3) is 3.77. The number of carbonyl (C=O) groups excluding carboxylic acids is 1. The summed E-state index contributed by atoms with van der Waals surface area (Å²) in [4.78, 5) is 22.8. The number of nitrogens with zero attached hydrogens (tertiary/aromatic N) is 4. The van der Waals surface area contributed by atoms with Crippen molar-refractivity contribution in [1.29, 1.82) is 0 Å². The number of methoxy groups -OCH3 is 1. The van der Waals surface area contributed by atoms with Crippen molar-refractivity contribution in [2.24, 2.45) is 0 Å². The van der Waals surface area contributed by atoms with E-state index < -0.39 is 0 Å². The summed E-state index contributed by atoms with van der Waals surface area (Å²) in [6.45, 7) is 0.550. The summed E-state index contributed by atoms with van der Waals surface area (Å²) in [5.41, 5.74) is 1.19. The predicted octanol–water partition coefficient (Wildman–Crippen LogP) is 3.71. The van der Waals surface area contributed by atoms with Gasteiger partial charge >= 0.3 is 0 Å². The number of rotatable bonds is 6. The molecule has 28 heavy (non-hydrogen) atoms. The summed E-state index contributed by atoms with van der Waals surface area (Å²) < 4.78 is 6.50. The quantitative estimate of drug-likeness (QED) is 0.540. The lowest BCUT2D eigenvalue weighted by Gasteiger charge is -2.07. The van der Waals surface area contributed by atoms with Gasteiger partial charge in [-0.25, -0.2) is 0 Å². The van der Waals surface area contributed by atoms with E-state index in [1.54, 1.807) is 61.2 Å². The minimum Gasteiger partial charge on any atom is -0.497 e. The molecule has 0 spiro atoms. The Hall–Kier alpha value is -3.52. The fourth-order valence-corrected chi connectivity index (χ4v) is 3.29. The Bertz CT molecular complexity index is 1080. The van der Waals surface area contributed by atoms with E-state index in [9.17, 15) is 4.79 Å². The molecule has 3 aromatic heterocycles. The average molecular weight is 391 g/mol. The molecule has 0 amide bonds. The first-order chi connectivity index (χ1) is 13.7. The van der Waals surface area contributed by atoms with Crippen LogP contribution in [-0.2, 0) is 6.54 Å². The van der Waals surface area contributed by atoms with Crippen LogP contribution < -0.4 is 10.1 Å². The number of nitrogens with one attached hydrogen (secondary N) is 1. The van der Waals surface area contributed by atoms with Gasteiger partial charge in [0.1, 0.15) is 5.75 Å². The number of aromatic nitrogens is 4. The standard InChI is InChI=1S/C20H17N5O2S/c1-27-16-7-2-5-14(11-16)19(26)25-20(22-13-17-8-4-10-28-17)23-18(24-25)15-6-3-9-21-12-15/h2-12H,13H2,1H3,(H,22,23,24). The second-order valence-corrected chi connectivity index (χ2v) is 6.91. The van der Waals surface area contributed by atoms with Crippen molar-refractivity contribution in [3.63, 3.8) is 0 Å². The van der Waals surface area contributed by atoms with E-state index >= 15 is 0 Å². The molecule has 1 N–H and O–H groups in total.